The van der Waals surface area contributed by atoms with Crippen LogP contribution < -0.4 is 0 Å². The monoisotopic (exact) mass is 362 g/mol. The molecule has 132 valence electrons. The smallest absolute Gasteiger partial charge is 0.198 e. The Kier molecular flexibility index (Phi) is 5.66. The molecule has 2 atom stereocenters. The Balaban J connectivity index is 1.97. The van der Waals surface area contributed by atoms with Crippen LogP contribution in [0.25, 0.3) is 11.1 Å². The summed E-state index contributed by atoms with van der Waals surface area (Å²) in [5.74, 6) is -0.0466. The molecule has 0 N–H and O–H groups in total. The standard InChI is InChI=1S/C23H23O2P/c1-23(25-2,21-9-4-3-5-10-21)22(24)20-8-6-7-19(15-20)18-13-11-17(16-26)12-14-18/h3-15H,16,26H2,1-2H3. The van der Waals surface area contributed by atoms with Crippen molar-refractivity contribution in [2.75, 3.05) is 7.11 Å². The molecule has 0 heterocycles. The van der Waals surface area contributed by atoms with Gasteiger partial charge in [-0.25, -0.2) is 0 Å². The number of carbonyl (C=O) groups excluding carboxylic acids is 1. The maximum absolute atomic E-state index is 13.3. The van der Waals surface area contributed by atoms with Crippen LogP contribution in [-0.2, 0) is 16.5 Å². The summed E-state index contributed by atoms with van der Waals surface area (Å²) in [4.78, 5) is 13.3. The van der Waals surface area contributed by atoms with Gasteiger partial charge in [0.2, 0.25) is 0 Å². The number of carbonyl (C=O) groups is 1. The summed E-state index contributed by atoms with van der Waals surface area (Å²) in [7, 11) is 4.31. The van der Waals surface area contributed by atoms with Gasteiger partial charge in [-0.05, 0) is 41.4 Å². The Morgan fingerprint density at radius 3 is 2.23 bits per heavy atom. The zero-order chi connectivity index (χ0) is 18.6. The van der Waals surface area contributed by atoms with Crippen LogP contribution in [0.5, 0.6) is 0 Å². The summed E-state index contributed by atoms with van der Waals surface area (Å²) in [5.41, 5.74) is 3.87. The molecule has 3 rings (SSSR count). The van der Waals surface area contributed by atoms with Crippen molar-refractivity contribution in [2.45, 2.75) is 18.7 Å². The third-order valence-corrected chi connectivity index (χ3v) is 5.29. The van der Waals surface area contributed by atoms with E-state index < -0.39 is 5.60 Å². The van der Waals surface area contributed by atoms with E-state index in [2.05, 4.69) is 33.5 Å². The molecule has 2 unspecified atom stereocenters. The van der Waals surface area contributed by atoms with Gasteiger partial charge in [-0.3, -0.25) is 4.79 Å². The van der Waals surface area contributed by atoms with Crippen molar-refractivity contribution < 1.29 is 9.53 Å². The van der Waals surface area contributed by atoms with E-state index >= 15 is 0 Å². The van der Waals surface area contributed by atoms with Crippen LogP contribution in [0.4, 0.5) is 0 Å². The van der Waals surface area contributed by atoms with Gasteiger partial charge in [0.05, 0.1) is 0 Å². The largest absolute Gasteiger partial charge is 0.366 e. The highest BCUT2D eigenvalue weighted by Crippen LogP contribution is 2.30. The molecule has 3 aromatic carbocycles. The Hall–Kier alpha value is -2.28. The number of ketones is 1. The van der Waals surface area contributed by atoms with Gasteiger partial charge >= 0.3 is 0 Å². The van der Waals surface area contributed by atoms with Crippen LogP contribution in [0.3, 0.4) is 0 Å². The minimum absolute atomic E-state index is 0.0466. The molecule has 0 aromatic heterocycles. The first-order chi connectivity index (χ1) is 12.6. The lowest BCUT2D eigenvalue weighted by Gasteiger charge is -2.27. The van der Waals surface area contributed by atoms with Crippen molar-refractivity contribution in [3.05, 3.63) is 95.6 Å². The minimum Gasteiger partial charge on any atom is -0.366 e. The van der Waals surface area contributed by atoms with Crippen LogP contribution in [0.2, 0.25) is 0 Å². The second-order valence-corrected chi connectivity index (χ2v) is 6.82. The number of hydrogen-bond donors (Lipinski definition) is 0. The van der Waals surface area contributed by atoms with Gasteiger partial charge in [-0.2, -0.15) is 0 Å². The molecule has 0 saturated heterocycles. The van der Waals surface area contributed by atoms with Gasteiger partial charge < -0.3 is 4.74 Å². The first-order valence-electron chi connectivity index (χ1n) is 8.63. The third-order valence-electron chi connectivity index (χ3n) is 4.81. The van der Waals surface area contributed by atoms with Gasteiger partial charge in [0, 0.05) is 12.7 Å². The highest BCUT2D eigenvalue weighted by molar-refractivity contribution is 7.15. The van der Waals surface area contributed by atoms with Crippen molar-refractivity contribution in [1.29, 1.82) is 0 Å². The highest BCUT2D eigenvalue weighted by Gasteiger charge is 2.35. The predicted molar refractivity (Wildman–Crippen MR) is 110 cm³/mol. The summed E-state index contributed by atoms with van der Waals surface area (Å²) in [6.45, 7) is 1.82. The molecule has 3 aromatic rings. The fourth-order valence-electron chi connectivity index (χ4n) is 3.05. The Labute approximate surface area is 157 Å². The molecule has 0 aliphatic heterocycles. The lowest BCUT2D eigenvalue weighted by atomic mass is 9.86. The summed E-state index contributed by atoms with van der Waals surface area (Å²) in [6.07, 6.45) is 0.933. The van der Waals surface area contributed by atoms with E-state index in [4.69, 9.17) is 4.74 Å². The van der Waals surface area contributed by atoms with Crippen LogP contribution in [0.1, 0.15) is 28.4 Å². The Bertz CT molecular complexity index is 888. The predicted octanol–water partition coefficient (Wildman–Crippen LogP) is 5.47. The molecule has 0 spiro atoms. The van der Waals surface area contributed by atoms with E-state index in [1.54, 1.807) is 7.11 Å². The average Bonchev–Trinajstić information content (AvgIpc) is 2.73. The molecule has 2 nitrogen and oxygen atoms in total. The SMILES string of the molecule is COC(C)(C(=O)c1cccc(-c2ccc(CP)cc2)c1)c1ccccc1. The van der Waals surface area contributed by atoms with Gasteiger partial charge in [0.15, 0.2) is 11.4 Å². The lowest BCUT2D eigenvalue weighted by molar-refractivity contribution is 0.0102. The van der Waals surface area contributed by atoms with E-state index in [1.807, 2.05) is 61.5 Å². The maximum atomic E-state index is 13.3. The number of methoxy groups -OCH3 is 1. The first kappa shape index (κ1) is 18.5. The van der Waals surface area contributed by atoms with E-state index in [0.29, 0.717) is 5.56 Å². The Morgan fingerprint density at radius 1 is 0.923 bits per heavy atom. The molecule has 3 heteroatoms. The number of hydrogen-bond acceptors (Lipinski definition) is 2. The molecule has 26 heavy (non-hydrogen) atoms. The number of Topliss-reactive ketones (excluding diaryl/α,β-unsaturated/α-hetero) is 1. The van der Waals surface area contributed by atoms with Gasteiger partial charge in [0.25, 0.3) is 0 Å². The molecule has 0 radical (unpaired) electrons. The molecule has 0 bridgehead atoms. The molecule has 0 aliphatic carbocycles. The van der Waals surface area contributed by atoms with Gasteiger partial charge in [-0.15, -0.1) is 9.24 Å². The van der Waals surface area contributed by atoms with Crippen LogP contribution in [-0.4, -0.2) is 12.9 Å². The van der Waals surface area contributed by atoms with E-state index in [0.717, 1.165) is 22.9 Å². The minimum atomic E-state index is -1.01. The highest BCUT2D eigenvalue weighted by atomic mass is 31.0. The molecule has 0 aliphatic rings. The maximum Gasteiger partial charge on any atom is 0.198 e. The van der Waals surface area contributed by atoms with Crippen molar-refractivity contribution in [2.24, 2.45) is 0 Å². The second-order valence-electron chi connectivity index (χ2n) is 6.41. The first-order valence-corrected chi connectivity index (χ1v) is 9.45. The molecule has 0 saturated carbocycles. The van der Waals surface area contributed by atoms with Gasteiger partial charge in [-0.1, -0.05) is 72.8 Å². The van der Waals surface area contributed by atoms with Crippen LogP contribution >= 0.6 is 9.24 Å². The number of rotatable bonds is 6. The van der Waals surface area contributed by atoms with E-state index in [9.17, 15) is 4.79 Å². The number of ether oxygens (including phenoxy) is 1. The van der Waals surface area contributed by atoms with E-state index in [-0.39, 0.29) is 5.78 Å². The van der Waals surface area contributed by atoms with Crippen LogP contribution in [0.15, 0.2) is 78.9 Å². The molecule has 0 amide bonds. The second kappa shape index (κ2) is 7.95. The lowest BCUT2D eigenvalue weighted by Crippen LogP contribution is -2.34. The molecular weight excluding hydrogens is 339 g/mol. The van der Waals surface area contributed by atoms with Crippen LogP contribution in [0, 0.1) is 0 Å². The summed E-state index contributed by atoms with van der Waals surface area (Å²) in [5, 5.41) is 0. The topological polar surface area (TPSA) is 26.3 Å². The summed E-state index contributed by atoms with van der Waals surface area (Å²) >= 11 is 0. The number of benzene rings is 3. The zero-order valence-corrected chi connectivity index (χ0v) is 16.3. The summed E-state index contributed by atoms with van der Waals surface area (Å²) in [6, 6.07) is 25.8. The molecular formula is C23H23O2P. The normalized spacial score (nSPS) is 13.2. The fraction of sp³-hybridized carbons (Fsp3) is 0.174. The Morgan fingerprint density at radius 2 is 1.62 bits per heavy atom. The quantitative estimate of drug-likeness (QED) is 0.429. The zero-order valence-electron chi connectivity index (χ0n) is 15.1. The molecule has 0 fully saturated rings. The third kappa shape index (κ3) is 3.62. The van der Waals surface area contributed by atoms with E-state index in [1.165, 1.54) is 5.56 Å². The average molecular weight is 362 g/mol. The van der Waals surface area contributed by atoms with Crippen molar-refractivity contribution in [3.8, 4) is 11.1 Å². The van der Waals surface area contributed by atoms with Gasteiger partial charge in [0.1, 0.15) is 0 Å². The van der Waals surface area contributed by atoms with Crippen molar-refractivity contribution in [3.63, 3.8) is 0 Å². The summed E-state index contributed by atoms with van der Waals surface area (Å²) < 4.78 is 5.66. The van der Waals surface area contributed by atoms with Crippen molar-refractivity contribution in [1.82, 2.24) is 0 Å². The fourth-order valence-corrected chi connectivity index (χ4v) is 3.32. The van der Waals surface area contributed by atoms with Crippen molar-refractivity contribution >= 4 is 15.0 Å².